The van der Waals surface area contributed by atoms with Crippen molar-refractivity contribution in [2.24, 2.45) is 0 Å². The monoisotopic (exact) mass is 304 g/mol. The molecule has 1 rings (SSSR count). The summed E-state index contributed by atoms with van der Waals surface area (Å²) in [6.07, 6.45) is -4.57. The number of benzene rings is 1. The first kappa shape index (κ1) is 16.5. The highest BCUT2D eigenvalue weighted by Gasteiger charge is 2.30. The van der Waals surface area contributed by atoms with E-state index < -0.39 is 42.6 Å². The standard InChI is InChI=1S/C12H11F3N2O4/c13-12(14,15)8-3-1-2-7(4-8)11(21)17-5-9(18)16-6-10(19)20/h1-4H,5-6H2,(H,16,18)(H,17,21)(H,19,20). The molecule has 114 valence electrons. The molecule has 0 radical (unpaired) electrons. The van der Waals surface area contributed by atoms with Crippen molar-refractivity contribution in [2.75, 3.05) is 13.1 Å². The number of halogens is 3. The molecule has 21 heavy (non-hydrogen) atoms. The Hall–Kier alpha value is -2.58. The Bertz CT molecular complexity index is 558. The number of nitrogens with one attached hydrogen (secondary N) is 2. The van der Waals surface area contributed by atoms with Gasteiger partial charge in [-0.25, -0.2) is 0 Å². The molecule has 2 amide bonds. The zero-order valence-electron chi connectivity index (χ0n) is 10.5. The van der Waals surface area contributed by atoms with Gasteiger partial charge in [0.1, 0.15) is 6.54 Å². The Labute approximate surface area is 116 Å². The van der Waals surface area contributed by atoms with Crippen molar-refractivity contribution in [2.45, 2.75) is 6.18 Å². The molecule has 3 N–H and O–H groups in total. The number of carbonyl (C=O) groups excluding carboxylic acids is 2. The molecule has 0 saturated heterocycles. The van der Waals surface area contributed by atoms with E-state index >= 15 is 0 Å². The molecule has 9 heteroatoms. The number of hydrogen-bond acceptors (Lipinski definition) is 3. The van der Waals surface area contributed by atoms with Crippen molar-refractivity contribution in [3.8, 4) is 0 Å². The number of hydrogen-bond donors (Lipinski definition) is 3. The Morgan fingerprint density at radius 1 is 1.10 bits per heavy atom. The molecule has 1 aromatic rings. The normalized spacial score (nSPS) is 10.8. The highest BCUT2D eigenvalue weighted by molar-refractivity contribution is 5.96. The van der Waals surface area contributed by atoms with Crippen LogP contribution in [-0.4, -0.2) is 36.0 Å². The van der Waals surface area contributed by atoms with Crippen LogP contribution in [0.25, 0.3) is 0 Å². The molecule has 0 bridgehead atoms. The van der Waals surface area contributed by atoms with Gasteiger partial charge in [-0.05, 0) is 18.2 Å². The van der Waals surface area contributed by atoms with Gasteiger partial charge in [0.2, 0.25) is 5.91 Å². The number of rotatable bonds is 5. The van der Waals surface area contributed by atoms with E-state index in [4.69, 9.17) is 5.11 Å². The Morgan fingerprint density at radius 2 is 1.76 bits per heavy atom. The second-order valence-electron chi connectivity index (χ2n) is 3.93. The van der Waals surface area contributed by atoms with E-state index in [9.17, 15) is 27.6 Å². The molecule has 0 unspecified atom stereocenters. The summed E-state index contributed by atoms with van der Waals surface area (Å²) in [4.78, 5) is 32.9. The van der Waals surface area contributed by atoms with Crippen LogP contribution >= 0.6 is 0 Å². The average molecular weight is 304 g/mol. The molecule has 0 aliphatic rings. The quantitative estimate of drug-likeness (QED) is 0.743. The van der Waals surface area contributed by atoms with E-state index in [1.165, 1.54) is 6.07 Å². The average Bonchev–Trinajstić information content (AvgIpc) is 2.41. The van der Waals surface area contributed by atoms with Crippen molar-refractivity contribution >= 4 is 17.8 Å². The summed E-state index contributed by atoms with van der Waals surface area (Å²) in [7, 11) is 0. The summed E-state index contributed by atoms with van der Waals surface area (Å²) >= 11 is 0. The van der Waals surface area contributed by atoms with Crippen LogP contribution in [0.2, 0.25) is 0 Å². The number of carbonyl (C=O) groups is 3. The highest BCUT2D eigenvalue weighted by atomic mass is 19.4. The maximum Gasteiger partial charge on any atom is 0.416 e. The largest absolute Gasteiger partial charge is 0.480 e. The van der Waals surface area contributed by atoms with Crippen molar-refractivity contribution < 1.29 is 32.7 Å². The fraction of sp³-hybridized carbons (Fsp3) is 0.250. The Balaban J connectivity index is 2.60. The van der Waals surface area contributed by atoms with E-state index in [0.29, 0.717) is 6.07 Å². The third kappa shape index (κ3) is 5.51. The summed E-state index contributed by atoms with van der Waals surface area (Å²) < 4.78 is 37.4. The van der Waals surface area contributed by atoms with Crippen molar-refractivity contribution in [3.05, 3.63) is 35.4 Å². The predicted octanol–water partition coefficient (Wildman–Crippen LogP) is 0.636. The van der Waals surface area contributed by atoms with Crippen LogP contribution in [0, 0.1) is 0 Å². The van der Waals surface area contributed by atoms with Crippen LogP contribution in [0.4, 0.5) is 13.2 Å². The first-order valence-corrected chi connectivity index (χ1v) is 5.64. The lowest BCUT2D eigenvalue weighted by Crippen LogP contribution is -2.39. The van der Waals surface area contributed by atoms with Crippen LogP contribution in [-0.2, 0) is 15.8 Å². The molecule has 0 heterocycles. The van der Waals surface area contributed by atoms with Crippen LogP contribution in [0.15, 0.2) is 24.3 Å². The van der Waals surface area contributed by atoms with Gasteiger partial charge in [-0.2, -0.15) is 13.2 Å². The third-order valence-corrected chi connectivity index (χ3v) is 2.30. The van der Waals surface area contributed by atoms with Gasteiger partial charge in [-0.15, -0.1) is 0 Å². The molecule has 0 fully saturated rings. The van der Waals surface area contributed by atoms with Crippen LogP contribution in [0.1, 0.15) is 15.9 Å². The van der Waals surface area contributed by atoms with Gasteiger partial charge >= 0.3 is 12.1 Å². The number of carboxylic acid groups (broad SMARTS) is 1. The summed E-state index contributed by atoms with van der Waals surface area (Å²) in [5.41, 5.74) is -1.23. The third-order valence-electron chi connectivity index (χ3n) is 2.30. The zero-order chi connectivity index (χ0) is 16.0. The summed E-state index contributed by atoms with van der Waals surface area (Å²) in [5, 5.41) is 12.4. The van der Waals surface area contributed by atoms with Gasteiger partial charge in [0.15, 0.2) is 0 Å². The van der Waals surface area contributed by atoms with Crippen molar-refractivity contribution in [1.29, 1.82) is 0 Å². The number of carboxylic acids is 1. The maximum absolute atomic E-state index is 12.5. The lowest BCUT2D eigenvalue weighted by molar-refractivity contribution is -0.138. The maximum atomic E-state index is 12.5. The minimum atomic E-state index is -4.57. The van der Waals surface area contributed by atoms with Gasteiger partial charge in [0, 0.05) is 5.56 Å². The lowest BCUT2D eigenvalue weighted by Gasteiger charge is -2.09. The van der Waals surface area contributed by atoms with Crippen LogP contribution in [0.3, 0.4) is 0 Å². The second-order valence-corrected chi connectivity index (χ2v) is 3.93. The molecule has 0 aliphatic carbocycles. The van der Waals surface area contributed by atoms with Gasteiger partial charge < -0.3 is 15.7 Å². The lowest BCUT2D eigenvalue weighted by atomic mass is 10.1. The molecule has 0 atom stereocenters. The van der Waals surface area contributed by atoms with Gasteiger partial charge in [0.05, 0.1) is 12.1 Å². The van der Waals surface area contributed by atoms with Gasteiger partial charge in [-0.1, -0.05) is 6.07 Å². The van der Waals surface area contributed by atoms with Gasteiger partial charge in [-0.3, -0.25) is 14.4 Å². The Morgan fingerprint density at radius 3 is 2.33 bits per heavy atom. The number of alkyl halides is 3. The number of aliphatic carboxylic acids is 1. The van der Waals surface area contributed by atoms with Gasteiger partial charge in [0.25, 0.3) is 5.91 Å². The molecule has 0 aromatic heterocycles. The van der Waals surface area contributed by atoms with E-state index in [1.807, 2.05) is 5.32 Å². The minimum Gasteiger partial charge on any atom is -0.480 e. The van der Waals surface area contributed by atoms with Crippen molar-refractivity contribution in [3.63, 3.8) is 0 Å². The topological polar surface area (TPSA) is 95.5 Å². The minimum absolute atomic E-state index is 0.254. The first-order valence-electron chi connectivity index (χ1n) is 5.64. The fourth-order valence-electron chi connectivity index (χ4n) is 1.34. The van der Waals surface area contributed by atoms with E-state index in [1.54, 1.807) is 0 Å². The van der Waals surface area contributed by atoms with Crippen molar-refractivity contribution in [1.82, 2.24) is 10.6 Å². The van der Waals surface area contributed by atoms with Crippen LogP contribution in [0.5, 0.6) is 0 Å². The summed E-state index contributed by atoms with van der Waals surface area (Å²) in [6, 6.07) is 3.71. The first-order chi connectivity index (χ1) is 9.70. The fourth-order valence-corrected chi connectivity index (χ4v) is 1.34. The molecule has 1 aromatic carbocycles. The van der Waals surface area contributed by atoms with E-state index in [-0.39, 0.29) is 5.56 Å². The molecule has 0 aliphatic heterocycles. The van der Waals surface area contributed by atoms with Crippen LogP contribution < -0.4 is 10.6 Å². The second kappa shape index (κ2) is 6.73. The van der Waals surface area contributed by atoms with E-state index in [2.05, 4.69) is 5.32 Å². The summed E-state index contributed by atoms with van der Waals surface area (Å²) in [5.74, 6) is -2.89. The molecular weight excluding hydrogens is 293 g/mol. The highest BCUT2D eigenvalue weighted by Crippen LogP contribution is 2.29. The predicted molar refractivity (Wildman–Crippen MR) is 64.4 cm³/mol. The van der Waals surface area contributed by atoms with E-state index in [0.717, 1.165) is 12.1 Å². The molecule has 0 spiro atoms. The molecule has 6 nitrogen and oxygen atoms in total. The summed E-state index contributed by atoms with van der Waals surface area (Å²) in [6.45, 7) is -1.15. The Kier molecular flexibility index (Phi) is 5.28. The SMILES string of the molecule is O=C(O)CNC(=O)CNC(=O)c1cccc(C(F)(F)F)c1. The zero-order valence-corrected chi connectivity index (χ0v) is 10.5. The molecular formula is C12H11F3N2O4. The molecule has 0 saturated carbocycles. The smallest absolute Gasteiger partial charge is 0.416 e. The number of amides is 2.